The van der Waals surface area contributed by atoms with Gasteiger partial charge in [-0.25, -0.2) is 9.48 Å². The van der Waals surface area contributed by atoms with Crippen LogP contribution in [-0.4, -0.2) is 30.0 Å². The Labute approximate surface area is 171 Å². The number of hydrogen-bond acceptors (Lipinski definition) is 5. The first-order chi connectivity index (χ1) is 13.7. The monoisotopic (exact) mass is 394 g/mol. The maximum atomic E-state index is 12.9. The van der Waals surface area contributed by atoms with E-state index in [-0.39, 0.29) is 5.41 Å². The zero-order valence-electron chi connectivity index (χ0n) is 17.6. The number of benzene rings is 2. The van der Waals surface area contributed by atoms with E-state index >= 15 is 0 Å². The highest BCUT2D eigenvalue weighted by Crippen LogP contribution is 2.29. The molecule has 0 saturated heterocycles. The molecule has 3 aromatic rings. The molecule has 0 N–H and O–H groups in total. The molecule has 0 saturated carbocycles. The first-order valence-corrected chi connectivity index (χ1v) is 9.34. The highest BCUT2D eigenvalue weighted by molar-refractivity contribution is 5.92. The molecule has 0 aliphatic rings. The molecule has 152 valence electrons. The third-order valence-electron chi connectivity index (χ3n) is 4.48. The standard InChI is InChI=1S/C23H26N2O4/c1-15-8-7-9-17(10-15)25-21(14-20(24-25)23(2,3)4)29-22(26)16-11-18(27-5)13-19(12-16)28-6/h7-14H,1-6H3. The van der Waals surface area contributed by atoms with Crippen molar-refractivity contribution in [2.45, 2.75) is 33.1 Å². The van der Waals surface area contributed by atoms with Gasteiger partial charge in [0.15, 0.2) is 0 Å². The van der Waals surface area contributed by atoms with E-state index in [1.807, 2.05) is 31.2 Å². The van der Waals surface area contributed by atoms with Gasteiger partial charge in [0.25, 0.3) is 0 Å². The summed E-state index contributed by atoms with van der Waals surface area (Å²) in [6.45, 7) is 8.20. The molecule has 0 atom stereocenters. The van der Waals surface area contributed by atoms with Gasteiger partial charge in [0.1, 0.15) is 11.5 Å². The van der Waals surface area contributed by atoms with Gasteiger partial charge >= 0.3 is 5.97 Å². The fraction of sp³-hybridized carbons (Fsp3) is 0.304. The second kappa shape index (κ2) is 7.99. The van der Waals surface area contributed by atoms with Crippen LogP contribution in [0.2, 0.25) is 0 Å². The smallest absolute Gasteiger partial charge is 0.345 e. The molecular formula is C23H26N2O4. The van der Waals surface area contributed by atoms with Crippen molar-refractivity contribution in [2.75, 3.05) is 14.2 Å². The average molecular weight is 394 g/mol. The maximum Gasteiger partial charge on any atom is 0.345 e. The largest absolute Gasteiger partial charge is 0.497 e. The van der Waals surface area contributed by atoms with Gasteiger partial charge in [-0.15, -0.1) is 0 Å². The third-order valence-corrected chi connectivity index (χ3v) is 4.48. The number of methoxy groups -OCH3 is 2. The fourth-order valence-corrected chi connectivity index (χ4v) is 2.83. The van der Waals surface area contributed by atoms with Crippen LogP contribution in [0.25, 0.3) is 5.69 Å². The van der Waals surface area contributed by atoms with Crippen molar-refractivity contribution >= 4 is 5.97 Å². The number of esters is 1. The highest BCUT2D eigenvalue weighted by atomic mass is 16.5. The summed E-state index contributed by atoms with van der Waals surface area (Å²) in [6.07, 6.45) is 0. The summed E-state index contributed by atoms with van der Waals surface area (Å²) in [5, 5.41) is 4.70. The molecule has 0 fully saturated rings. The molecule has 0 radical (unpaired) electrons. The lowest BCUT2D eigenvalue weighted by Crippen LogP contribution is -2.13. The molecule has 6 nitrogen and oxygen atoms in total. The lowest BCUT2D eigenvalue weighted by atomic mass is 9.93. The third kappa shape index (κ3) is 4.59. The number of carbonyl (C=O) groups is 1. The molecule has 0 unspecified atom stereocenters. The molecule has 6 heteroatoms. The van der Waals surface area contributed by atoms with Gasteiger partial charge in [0.2, 0.25) is 5.88 Å². The Kier molecular flexibility index (Phi) is 5.64. The number of aromatic nitrogens is 2. The number of nitrogens with zero attached hydrogens (tertiary/aromatic N) is 2. The molecule has 0 aliphatic carbocycles. The first-order valence-electron chi connectivity index (χ1n) is 9.34. The van der Waals surface area contributed by atoms with Gasteiger partial charge in [-0.2, -0.15) is 5.10 Å². The Morgan fingerprint density at radius 1 is 0.966 bits per heavy atom. The molecule has 3 rings (SSSR count). The number of carbonyl (C=O) groups excluding carboxylic acids is 1. The van der Waals surface area contributed by atoms with Crippen LogP contribution >= 0.6 is 0 Å². The molecule has 1 heterocycles. The summed E-state index contributed by atoms with van der Waals surface area (Å²) in [5.41, 5.74) is 2.87. The lowest BCUT2D eigenvalue weighted by Gasteiger charge is -2.14. The van der Waals surface area contributed by atoms with Crippen molar-refractivity contribution < 1.29 is 19.0 Å². The quantitative estimate of drug-likeness (QED) is 0.586. The summed E-state index contributed by atoms with van der Waals surface area (Å²) >= 11 is 0. The van der Waals surface area contributed by atoms with E-state index in [4.69, 9.17) is 19.3 Å². The summed E-state index contributed by atoms with van der Waals surface area (Å²) in [7, 11) is 3.07. The Morgan fingerprint density at radius 3 is 2.17 bits per heavy atom. The fourth-order valence-electron chi connectivity index (χ4n) is 2.83. The van der Waals surface area contributed by atoms with Crippen molar-refractivity contribution in [3.63, 3.8) is 0 Å². The molecule has 29 heavy (non-hydrogen) atoms. The summed E-state index contributed by atoms with van der Waals surface area (Å²) in [6, 6.07) is 14.6. The zero-order chi connectivity index (χ0) is 21.2. The van der Waals surface area contributed by atoms with Gasteiger partial charge in [0, 0.05) is 17.5 Å². The minimum atomic E-state index is -0.517. The second-order valence-electron chi connectivity index (χ2n) is 7.86. The molecule has 0 aliphatic heterocycles. The number of rotatable bonds is 5. The van der Waals surface area contributed by atoms with Crippen LogP contribution in [0.3, 0.4) is 0 Å². The van der Waals surface area contributed by atoms with Crippen molar-refractivity contribution in [1.29, 1.82) is 0 Å². The predicted molar refractivity (Wildman–Crippen MR) is 112 cm³/mol. The zero-order valence-corrected chi connectivity index (χ0v) is 17.6. The van der Waals surface area contributed by atoms with Crippen LogP contribution in [0.1, 0.15) is 42.4 Å². The van der Waals surface area contributed by atoms with Gasteiger partial charge in [-0.05, 0) is 36.8 Å². The number of ether oxygens (including phenoxy) is 3. The lowest BCUT2D eigenvalue weighted by molar-refractivity contribution is 0.0722. The van der Waals surface area contributed by atoms with Crippen LogP contribution in [0.15, 0.2) is 48.5 Å². The van der Waals surface area contributed by atoms with Crippen LogP contribution < -0.4 is 14.2 Å². The first kappa shape index (κ1) is 20.5. The Hall–Kier alpha value is -3.28. The number of hydrogen-bond donors (Lipinski definition) is 0. The van der Waals surface area contributed by atoms with Gasteiger partial charge in [0.05, 0.1) is 31.2 Å². The Balaban J connectivity index is 2.02. The molecular weight excluding hydrogens is 368 g/mol. The predicted octanol–water partition coefficient (Wildman–Crippen LogP) is 4.71. The van der Waals surface area contributed by atoms with E-state index < -0.39 is 5.97 Å². The van der Waals surface area contributed by atoms with Crippen LogP contribution in [-0.2, 0) is 5.41 Å². The van der Waals surface area contributed by atoms with Gasteiger partial charge in [-0.1, -0.05) is 32.9 Å². The van der Waals surface area contributed by atoms with Crippen molar-refractivity contribution in [2.24, 2.45) is 0 Å². The Morgan fingerprint density at radius 2 is 1.62 bits per heavy atom. The summed E-state index contributed by atoms with van der Waals surface area (Å²) in [4.78, 5) is 12.9. The normalized spacial score (nSPS) is 11.2. The van der Waals surface area contributed by atoms with Crippen LogP contribution in [0, 0.1) is 6.92 Å². The molecule has 0 bridgehead atoms. The summed E-state index contributed by atoms with van der Waals surface area (Å²) < 4.78 is 17.9. The molecule has 0 spiro atoms. The van der Waals surface area contributed by atoms with Crippen molar-refractivity contribution in [3.05, 3.63) is 65.4 Å². The van der Waals surface area contributed by atoms with Crippen LogP contribution in [0.4, 0.5) is 0 Å². The van der Waals surface area contributed by atoms with E-state index in [0.29, 0.717) is 22.9 Å². The minimum absolute atomic E-state index is 0.199. The van der Waals surface area contributed by atoms with Crippen molar-refractivity contribution in [3.8, 4) is 23.1 Å². The topological polar surface area (TPSA) is 62.6 Å². The molecule has 2 aromatic carbocycles. The average Bonchev–Trinajstić information content (AvgIpc) is 3.11. The van der Waals surface area contributed by atoms with Crippen LogP contribution in [0.5, 0.6) is 17.4 Å². The maximum absolute atomic E-state index is 12.9. The van der Waals surface area contributed by atoms with E-state index in [9.17, 15) is 4.79 Å². The second-order valence-corrected chi connectivity index (χ2v) is 7.86. The van der Waals surface area contributed by atoms with E-state index in [0.717, 1.165) is 16.9 Å². The van der Waals surface area contributed by atoms with Crippen molar-refractivity contribution in [1.82, 2.24) is 9.78 Å². The van der Waals surface area contributed by atoms with Gasteiger partial charge < -0.3 is 14.2 Å². The highest BCUT2D eigenvalue weighted by Gasteiger charge is 2.23. The van der Waals surface area contributed by atoms with E-state index in [2.05, 4.69) is 20.8 Å². The van der Waals surface area contributed by atoms with E-state index in [1.54, 1.807) is 28.9 Å². The summed E-state index contributed by atoms with van der Waals surface area (Å²) in [5.74, 6) is 0.863. The van der Waals surface area contributed by atoms with Gasteiger partial charge in [-0.3, -0.25) is 0 Å². The molecule has 0 amide bonds. The Bertz CT molecular complexity index is 1010. The number of aryl methyl sites for hydroxylation is 1. The SMILES string of the molecule is COc1cc(OC)cc(C(=O)Oc2cc(C(C)(C)C)nn2-c2cccc(C)c2)c1. The minimum Gasteiger partial charge on any atom is -0.497 e. The molecule has 1 aromatic heterocycles. The van der Waals surface area contributed by atoms with E-state index in [1.165, 1.54) is 14.2 Å².